The maximum atomic E-state index is 13.0. The third kappa shape index (κ3) is 3.58. The Morgan fingerprint density at radius 1 is 1.20 bits per heavy atom. The molecule has 0 bridgehead atoms. The summed E-state index contributed by atoms with van der Waals surface area (Å²) in [7, 11) is 0. The maximum absolute atomic E-state index is 13.0. The molecule has 1 N–H and O–H groups in total. The molecule has 0 aliphatic carbocycles. The Morgan fingerprint density at radius 2 is 2.08 bits per heavy atom. The van der Waals surface area contributed by atoms with Crippen LogP contribution >= 0.6 is 24.8 Å². The van der Waals surface area contributed by atoms with Crippen molar-refractivity contribution < 1.29 is 4.79 Å². The first kappa shape index (κ1) is 19.1. The summed E-state index contributed by atoms with van der Waals surface area (Å²) < 4.78 is 1.62. The molecule has 0 aromatic carbocycles. The lowest BCUT2D eigenvalue weighted by Gasteiger charge is -2.36. The summed E-state index contributed by atoms with van der Waals surface area (Å²) in [6.45, 7) is 2.13. The van der Waals surface area contributed by atoms with Crippen LogP contribution in [0, 0.1) is 0 Å². The first-order chi connectivity index (χ1) is 11.3. The predicted molar refractivity (Wildman–Crippen MR) is 98.4 cm³/mol. The molecule has 0 radical (unpaired) electrons. The van der Waals surface area contributed by atoms with Crippen molar-refractivity contribution in [1.29, 1.82) is 0 Å². The lowest BCUT2D eigenvalue weighted by Crippen LogP contribution is -2.48. The van der Waals surface area contributed by atoms with Crippen molar-refractivity contribution >= 4 is 36.4 Å². The SMILES string of the molecule is Cl.Cl.O=C(c1cnn2cccnc12)N1CCNCC1c1cccnc1. The van der Waals surface area contributed by atoms with Gasteiger partial charge < -0.3 is 10.2 Å². The van der Waals surface area contributed by atoms with Crippen LogP contribution in [0.15, 0.2) is 49.2 Å². The quantitative estimate of drug-likeness (QED) is 0.732. The number of amides is 1. The van der Waals surface area contributed by atoms with Crippen molar-refractivity contribution in [2.24, 2.45) is 0 Å². The van der Waals surface area contributed by atoms with E-state index >= 15 is 0 Å². The van der Waals surface area contributed by atoms with Crippen LogP contribution in [0.3, 0.4) is 0 Å². The fraction of sp³-hybridized carbons (Fsp3) is 0.250. The molecule has 1 amide bonds. The van der Waals surface area contributed by atoms with Crippen molar-refractivity contribution in [2.75, 3.05) is 19.6 Å². The highest BCUT2D eigenvalue weighted by molar-refractivity contribution is 5.99. The van der Waals surface area contributed by atoms with Crippen LogP contribution < -0.4 is 5.32 Å². The largest absolute Gasteiger partial charge is 0.329 e. The number of nitrogens with one attached hydrogen (secondary N) is 1. The molecule has 3 aromatic rings. The van der Waals surface area contributed by atoms with Crippen LogP contribution in [0.4, 0.5) is 0 Å². The van der Waals surface area contributed by atoms with E-state index in [2.05, 4.69) is 20.4 Å². The van der Waals surface area contributed by atoms with Crippen molar-refractivity contribution in [3.05, 3.63) is 60.3 Å². The second-order valence-electron chi connectivity index (χ2n) is 5.45. The van der Waals surface area contributed by atoms with Crippen molar-refractivity contribution in [1.82, 2.24) is 29.8 Å². The number of nitrogens with zero attached hydrogens (tertiary/aromatic N) is 5. The molecule has 1 aliphatic rings. The van der Waals surface area contributed by atoms with E-state index in [0.29, 0.717) is 24.3 Å². The van der Waals surface area contributed by atoms with E-state index < -0.39 is 0 Å². The van der Waals surface area contributed by atoms with Crippen molar-refractivity contribution in [2.45, 2.75) is 6.04 Å². The number of rotatable bonds is 2. The Bertz CT molecular complexity index is 841. The number of hydrogen-bond acceptors (Lipinski definition) is 5. The first-order valence-corrected chi connectivity index (χ1v) is 7.54. The van der Waals surface area contributed by atoms with E-state index in [-0.39, 0.29) is 36.8 Å². The minimum Gasteiger partial charge on any atom is -0.329 e. The van der Waals surface area contributed by atoms with E-state index in [9.17, 15) is 4.79 Å². The van der Waals surface area contributed by atoms with Gasteiger partial charge in [0.25, 0.3) is 5.91 Å². The van der Waals surface area contributed by atoms with Crippen LogP contribution in [0.2, 0.25) is 0 Å². The van der Waals surface area contributed by atoms with Gasteiger partial charge >= 0.3 is 0 Å². The topological polar surface area (TPSA) is 75.4 Å². The Kier molecular flexibility index (Phi) is 6.30. The standard InChI is InChI=1S/C16H16N6O.2ClH/c23-16(13-10-20-22-7-2-5-19-15(13)22)21-8-6-18-11-14(21)12-3-1-4-17-9-12;;/h1-5,7,9-10,14,18H,6,8,11H2;2*1H. The summed E-state index contributed by atoms with van der Waals surface area (Å²) in [5.41, 5.74) is 2.14. The van der Waals surface area contributed by atoms with Gasteiger partial charge in [-0.05, 0) is 17.7 Å². The number of fused-ring (bicyclic) bond motifs is 1. The zero-order valence-corrected chi connectivity index (χ0v) is 14.9. The van der Waals surface area contributed by atoms with Gasteiger partial charge in [-0.2, -0.15) is 5.10 Å². The molecule has 25 heavy (non-hydrogen) atoms. The molecule has 4 rings (SSSR count). The van der Waals surface area contributed by atoms with E-state index in [4.69, 9.17) is 0 Å². The molecule has 1 fully saturated rings. The number of halogens is 2. The Hall–Kier alpha value is -2.22. The van der Waals surface area contributed by atoms with Gasteiger partial charge in [0, 0.05) is 44.4 Å². The number of aromatic nitrogens is 4. The third-order valence-corrected chi connectivity index (χ3v) is 4.08. The lowest BCUT2D eigenvalue weighted by atomic mass is 10.0. The van der Waals surface area contributed by atoms with Gasteiger partial charge in [0.2, 0.25) is 0 Å². The summed E-state index contributed by atoms with van der Waals surface area (Å²) in [5.74, 6) is -0.0472. The summed E-state index contributed by atoms with van der Waals surface area (Å²) in [6, 6.07) is 5.64. The summed E-state index contributed by atoms with van der Waals surface area (Å²) in [4.78, 5) is 23.4. The molecule has 4 heterocycles. The minimum absolute atomic E-state index is 0. The smallest absolute Gasteiger partial charge is 0.259 e. The Labute approximate surface area is 157 Å². The molecular weight excluding hydrogens is 363 g/mol. The fourth-order valence-corrected chi connectivity index (χ4v) is 2.95. The normalized spacial score (nSPS) is 16.8. The molecule has 1 unspecified atom stereocenters. The van der Waals surface area contributed by atoms with Gasteiger partial charge in [-0.3, -0.25) is 9.78 Å². The van der Waals surface area contributed by atoms with Crippen LogP contribution in [-0.4, -0.2) is 50.0 Å². The molecule has 7 nitrogen and oxygen atoms in total. The van der Waals surface area contributed by atoms with E-state index in [1.165, 1.54) is 0 Å². The van der Waals surface area contributed by atoms with Gasteiger partial charge in [-0.25, -0.2) is 9.50 Å². The van der Waals surface area contributed by atoms with Crippen LogP contribution in [0.1, 0.15) is 22.0 Å². The zero-order chi connectivity index (χ0) is 15.6. The Morgan fingerprint density at radius 3 is 2.88 bits per heavy atom. The van der Waals surface area contributed by atoms with Crippen molar-refractivity contribution in [3.63, 3.8) is 0 Å². The van der Waals surface area contributed by atoms with Gasteiger partial charge in [0.05, 0.1) is 12.2 Å². The molecule has 132 valence electrons. The number of hydrogen-bond donors (Lipinski definition) is 1. The van der Waals surface area contributed by atoms with E-state index in [1.807, 2.05) is 23.2 Å². The third-order valence-electron chi connectivity index (χ3n) is 4.08. The summed E-state index contributed by atoms with van der Waals surface area (Å²) in [5, 5.41) is 7.55. The molecule has 1 atom stereocenters. The molecule has 9 heteroatoms. The van der Waals surface area contributed by atoms with Crippen LogP contribution in [0.5, 0.6) is 0 Å². The van der Waals surface area contributed by atoms with Gasteiger partial charge in [-0.15, -0.1) is 24.8 Å². The van der Waals surface area contributed by atoms with Crippen LogP contribution in [-0.2, 0) is 0 Å². The number of carbonyl (C=O) groups excluding carboxylic acids is 1. The van der Waals surface area contributed by atoms with E-state index in [0.717, 1.165) is 12.1 Å². The minimum atomic E-state index is -0.0472. The molecule has 1 saturated heterocycles. The molecule has 1 aliphatic heterocycles. The first-order valence-electron chi connectivity index (χ1n) is 7.54. The molecule has 3 aromatic heterocycles. The fourth-order valence-electron chi connectivity index (χ4n) is 2.95. The number of piperazine rings is 1. The monoisotopic (exact) mass is 380 g/mol. The predicted octanol–water partition coefficient (Wildman–Crippen LogP) is 1.75. The number of pyridine rings is 1. The molecule has 0 spiro atoms. The van der Waals surface area contributed by atoms with Crippen molar-refractivity contribution in [3.8, 4) is 0 Å². The summed E-state index contributed by atoms with van der Waals surface area (Å²) >= 11 is 0. The number of carbonyl (C=O) groups is 1. The molecule has 0 saturated carbocycles. The maximum Gasteiger partial charge on any atom is 0.259 e. The Balaban J connectivity index is 0.00000113. The highest BCUT2D eigenvalue weighted by atomic mass is 35.5. The van der Waals surface area contributed by atoms with Crippen LogP contribution in [0.25, 0.3) is 5.65 Å². The van der Waals surface area contributed by atoms with Gasteiger partial charge in [-0.1, -0.05) is 6.07 Å². The average Bonchev–Trinajstić information content (AvgIpc) is 3.06. The average molecular weight is 381 g/mol. The van der Waals surface area contributed by atoms with E-state index in [1.54, 1.807) is 35.4 Å². The van der Waals surface area contributed by atoms with Gasteiger partial charge in [0.15, 0.2) is 5.65 Å². The highest BCUT2D eigenvalue weighted by Crippen LogP contribution is 2.24. The zero-order valence-electron chi connectivity index (χ0n) is 13.3. The van der Waals surface area contributed by atoms with Gasteiger partial charge in [0.1, 0.15) is 5.56 Å². The second-order valence-corrected chi connectivity index (χ2v) is 5.45. The lowest BCUT2D eigenvalue weighted by molar-refractivity contribution is 0.0636. The summed E-state index contributed by atoms with van der Waals surface area (Å²) in [6.07, 6.45) is 8.60. The highest BCUT2D eigenvalue weighted by Gasteiger charge is 2.30. The molecular formula is C16H18Cl2N6O. The second kappa shape index (κ2) is 8.24.